The Labute approximate surface area is 174 Å². The summed E-state index contributed by atoms with van der Waals surface area (Å²) in [6, 6.07) is 15.3. The molecule has 0 aliphatic rings. The van der Waals surface area contributed by atoms with Gasteiger partial charge in [0.05, 0.1) is 0 Å². The molecule has 0 aliphatic heterocycles. The van der Waals surface area contributed by atoms with Gasteiger partial charge in [0.25, 0.3) is 0 Å². The molecule has 0 N–H and O–H groups in total. The first-order valence-corrected chi connectivity index (χ1v) is 10.5. The molecule has 2 rings (SSSR count). The molecule has 4 nitrogen and oxygen atoms in total. The predicted molar refractivity (Wildman–Crippen MR) is 115 cm³/mol. The lowest BCUT2D eigenvalue weighted by Crippen LogP contribution is -2.19. The molecule has 0 saturated heterocycles. The fraction of sp³-hybridized carbons (Fsp3) is 0.440. The van der Waals surface area contributed by atoms with E-state index in [1.165, 1.54) is 0 Å². The third-order valence-corrected chi connectivity index (χ3v) is 5.08. The van der Waals surface area contributed by atoms with Crippen molar-refractivity contribution in [3.8, 4) is 11.5 Å². The summed E-state index contributed by atoms with van der Waals surface area (Å²) >= 11 is 0. The highest BCUT2D eigenvalue weighted by molar-refractivity contribution is 5.72. The molecule has 0 amide bonds. The summed E-state index contributed by atoms with van der Waals surface area (Å²) in [6.07, 6.45) is 4.51. The molecule has 2 aromatic rings. The maximum Gasteiger partial charge on any atom is 0.311 e. The lowest BCUT2D eigenvalue weighted by atomic mass is 9.78. The zero-order chi connectivity index (χ0) is 21.3. The fourth-order valence-electron chi connectivity index (χ4n) is 3.05. The topological polar surface area (TPSA) is 52.6 Å². The minimum atomic E-state index is -0.241. The summed E-state index contributed by atoms with van der Waals surface area (Å²) in [4.78, 5) is 23.6. The van der Waals surface area contributed by atoms with Crippen LogP contribution in [-0.2, 0) is 15.0 Å². The molecule has 0 radical (unpaired) electrons. The van der Waals surface area contributed by atoms with Gasteiger partial charge in [-0.2, -0.15) is 0 Å². The molecule has 0 fully saturated rings. The number of carbonyl (C=O) groups excluding carboxylic acids is 2. The highest BCUT2D eigenvalue weighted by Crippen LogP contribution is 2.33. The Morgan fingerprint density at radius 2 is 1.03 bits per heavy atom. The largest absolute Gasteiger partial charge is 0.427 e. The van der Waals surface area contributed by atoms with Crippen LogP contribution in [0.4, 0.5) is 0 Å². The van der Waals surface area contributed by atoms with Crippen LogP contribution >= 0.6 is 0 Å². The molecular formula is C25H32O4. The van der Waals surface area contributed by atoms with Crippen LogP contribution in [0.3, 0.4) is 0 Å². The maximum atomic E-state index is 11.8. The number of benzene rings is 2. The molecular weight excluding hydrogens is 364 g/mol. The highest BCUT2D eigenvalue weighted by atomic mass is 16.5. The molecule has 0 bridgehead atoms. The van der Waals surface area contributed by atoms with E-state index in [0.717, 1.165) is 36.8 Å². The van der Waals surface area contributed by atoms with Gasteiger partial charge in [-0.15, -0.1) is 0 Å². The van der Waals surface area contributed by atoms with Gasteiger partial charge in [-0.1, -0.05) is 64.8 Å². The first-order valence-electron chi connectivity index (χ1n) is 10.5. The molecule has 0 heterocycles. The standard InChI is InChI=1S/C25H32O4/c1-5-7-9-23(26)28-21-15-11-19(12-16-21)25(3,4)20-13-17-22(18-14-20)29-24(27)10-8-6-2/h11-18H,5-10H2,1-4H3. The van der Waals surface area contributed by atoms with Crippen molar-refractivity contribution in [3.63, 3.8) is 0 Å². The smallest absolute Gasteiger partial charge is 0.311 e. The lowest BCUT2D eigenvalue weighted by Gasteiger charge is -2.26. The molecule has 0 atom stereocenters. The molecule has 2 aromatic carbocycles. The minimum absolute atomic E-state index is 0.192. The predicted octanol–water partition coefficient (Wildman–Crippen LogP) is 6.20. The average molecular weight is 397 g/mol. The van der Waals surface area contributed by atoms with Crippen molar-refractivity contribution in [3.05, 3.63) is 59.7 Å². The fourth-order valence-corrected chi connectivity index (χ4v) is 3.05. The van der Waals surface area contributed by atoms with Crippen LogP contribution in [0.15, 0.2) is 48.5 Å². The van der Waals surface area contributed by atoms with Crippen LogP contribution < -0.4 is 9.47 Å². The summed E-state index contributed by atoms with van der Waals surface area (Å²) in [5, 5.41) is 0. The van der Waals surface area contributed by atoms with Crippen molar-refractivity contribution in [1.29, 1.82) is 0 Å². The highest BCUT2D eigenvalue weighted by Gasteiger charge is 2.23. The second-order valence-electron chi connectivity index (χ2n) is 7.83. The van der Waals surface area contributed by atoms with Gasteiger partial charge in [0.15, 0.2) is 0 Å². The van der Waals surface area contributed by atoms with E-state index in [1.807, 2.05) is 62.4 Å². The second-order valence-corrected chi connectivity index (χ2v) is 7.83. The van der Waals surface area contributed by atoms with Crippen molar-refractivity contribution >= 4 is 11.9 Å². The Kier molecular flexibility index (Phi) is 8.44. The van der Waals surface area contributed by atoms with Crippen molar-refractivity contribution in [1.82, 2.24) is 0 Å². The molecule has 0 aliphatic carbocycles. The van der Waals surface area contributed by atoms with Crippen molar-refractivity contribution in [2.45, 2.75) is 71.6 Å². The van der Waals surface area contributed by atoms with E-state index in [2.05, 4.69) is 13.8 Å². The second kappa shape index (κ2) is 10.8. The molecule has 4 heteroatoms. The Hall–Kier alpha value is -2.62. The van der Waals surface area contributed by atoms with Crippen LogP contribution in [0.5, 0.6) is 11.5 Å². The van der Waals surface area contributed by atoms with Crippen molar-refractivity contribution < 1.29 is 19.1 Å². The number of hydrogen-bond acceptors (Lipinski definition) is 4. The Bertz CT molecular complexity index is 721. The number of rotatable bonds is 10. The number of hydrogen-bond donors (Lipinski definition) is 0. The van der Waals surface area contributed by atoms with Crippen LogP contribution in [0, 0.1) is 0 Å². The molecule has 0 spiro atoms. The molecule has 156 valence electrons. The third-order valence-electron chi connectivity index (χ3n) is 5.08. The summed E-state index contributed by atoms with van der Waals surface area (Å²) < 4.78 is 10.8. The van der Waals surface area contributed by atoms with E-state index in [4.69, 9.17) is 9.47 Å². The zero-order valence-electron chi connectivity index (χ0n) is 18.0. The number of unbranched alkanes of at least 4 members (excludes halogenated alkanes) is 2. The quantitative estimate of drug-likeness (QED) is 0.354. The van der Waals surface area contributed by atoms with E-state index in [1.54, 1.807) is 0 Å². The van der Waals surface area contributed by atoms with Gasteiger partial charge < -0.3 is 9.47 Å². The van der Waals surface area contributed by atoms with E-state index in [-0.39, 0.29) is 17.4 Å². The third kappa shape index (κ3) is 6.74. The van der Waals surface area contributed by atoms with Crippen molar-refractivity contribution in [2.75, 3.05) is 0 Å². The summed E-state index contributed by atoms with van der Waals surface area (Å²) in [5.74, 6) is 0.755. The van der Waals surface area contributed by atoms with E-state index >= 15 is 0 Å². The monoisotopic (exact) mass is 396 g/mol. The van der Waals surface area contributed by atoms with Crippen LogP contribution in [0.1, 0.15) is 77.3 Å². The van der Waals surface area contributed by atoms with Crippen LogP contribution in [0.2, 0.25) is 0 Å². The molecule has 0 aromatic heterocycles. The maximum absolute atomic E-state index is 11.8. The van der Waals surface area contributed by atoms with E-state index in [0.29, 0.717) is 24.3 Å². The van der Waals surface area contributed by atoms with Crippen LogP contribution in [0.25, 0.3) is 0 Å². The van der Waals surface area contributed by atoms with Gasteiger partial charge >= 0.3 is 11.9 Å². The zero-order valence-corrected chi connectivity index (χ0v) is 18.0. The summed E-state index contributed by atoms with van der Waals surface area (Å²) in [7, 11) is 0. The van der Waals surface area contributed by atoms with Crippen LogP contribution in [-0.4, -0.2) is 11.9 Å². The number of ether oxygens (including phenoxy) is 2. The van der Waals surface area contributed by atoms with Gasteiger partial charge in [-0.3, -0.25) is 9.59 Å². The van der Waals surface area contributed by atoms with Gasteiger partial charge in [0, 0.05) is 18.3 Å². The van der Waals surface area contributed by atoms with Crippen molar-refractivity contribution in [2.24, 2.45) is 0 Å². The number of carbonyl (C=O) groups is 2. The molecule has 29 heavy (non-hydrogen) atoms. The summed E-state index contributed by atoms with van der Waals surface area (Å²) in [5.41, 5.74) is 1.98. The van der Waals surface area contributed by atoms with Gasteiger partial charge in [0.1, 0.15) is 11.5 Å². The van der Waals surface area contributed by atoms with Gasteiger partial charge in [-0.25, -0.2) is 0 Å². The Balaban J connectivity index is 2.04. The lowest BCUT2D eigenvalue weighted by molar-refractivity contribution is -0.135. The molecule has 0 unspecified atom stereocenters. The average Bonchev–Trinajstić information content (AvgIpc) is 2.71. The Morgan fingerprint density at radius 3 is 1.34 bits per heavy atom. The first-order chi connectivity index (χ1) is 13.9. The van der Waals surface area contributed by atoms with E-state index in [9.17, 15) is 9.59 Å². The van der Waals surface area contributed by atoms with Gasteiger partial charge in [-0.05, 0) is 48.2 Å². The van der Waals surface area contributed by atoms with E-state index < -0.39 is 0 Å². The Morgan fingerprint density at radius 1 is 0.690 bits per heavy atom. The first kappa shape index (κ1) is 22.7. The molecule has 0 saturated carbocycles. The number of esters is 2. The minimum Gasteiger partial charge on any atom is -0.427 e. The SMILES string of the molecule is CCCCC(=O)Oc1ccc(C(C)(C)c2ccc(OC(=O)CCCC)cc2)cc1. The normalized spacial score (nSPS) is 11.2. The van der Waals surface area contributed by atoms with Gasteiger partial charge in [0.2, 0.25) is 0 Å². The summed E-state index contributed by atoms with van der Waals surface area (Å²) in [6.45, 7) is 8.37.